The number of ether oxygens (including phenoxy) is 1. The second kappa shape index (κ2) is 8.63. The fourth-order valence-electron chi connectivity index (χ4n) is 3.16. The third-order valence-corrected chi connectivity index (χ3v) is 5.13. The van der Waals surface area contributed by atoms with E-state index in [4.69, 9.17) is 16.3 Å². The standard InChI is InChI=1S/C22H19ClF3N3O2/c23-16-5-3-14(4-6-16)17-8-19(28-11-20(17)31-12-22(24,25)26)21(30)29-10-13-7-18(27-9-13)15-1-2-15/h3-9,11,15,27H,1-2,10,12H2,(H,29,30). The number of amides is 1. The number of pyridine rings is 1. The number of aromatic amines is 1. The van der Waals surface area contributed by atoms with Crippen LogP contribution in [0.25, 0.3) is 11.1 Å². The summed E-state index contributed by atoms with van der Waals surface area (Å²) >= 11 is 5.91. The van der Waals surface area contributed by atoms with Crippen LogP contribution in [0.1, 0.15) is 40.5 Å². The van der Waals surface area contributed by atoms with Gasteiger partial charge in [0.05, 0.1) is 6.20 Å². The number of halogens is 4. The van der Waals surface area contributed by atoms with E-state index >= 15 is 0 Å². The Morgan fingerprint density at radius 3 is 2.65 bits per heavy atom. The third-order valence-electron chi connectivity index (χ3n) is 4.88. The summed E-state index contributed by atoms with van der Waals surface area (Å²) in [5.41, 5.74) is 3.05. The van der Waals surface area contributed by atoms with E-state index < -0.39 is 18.7 Å². The van der Waals surface area contributed by atoms with Crippen molar-refractivity contribution in [3.05, 3.63) is 70.8 Å². The van der Waals surface area contributed by atoms with Crippen molar-refractivity contribution in [2.75, 3.05) is 6.61 Å². The number of rotatable bonds is 7. The monoisotopic (exact) mass is 449 g/mol. The maximum atomic E-state index is 12.6. The van der Waals surface area contributed by atoms with Crippen LogP contribution in [0.4, 0.5) is 13.2 Å². The minimum absolute atomic E-state index is 0.0715. The molecule has 1 amide bonds. The zero-order chi connectivity index (χ0) is 22.0. The quantitative estimate of drug-likeness (QED) is 0.502. The molecular weight excluding hydrogens is 431 g/mol. The van der Waals surface area contributed by atoms with Crippen LogP contribution in [0.3, 0.4) is 0 Å². The minimum atomic E-state index is -4.50. The molecule has 0 radical (unpaired) electrons. The molecule has 0 saturated heterocycles. The number of alkyl halides is 3. The summed E-state index contributed by atoms with van der Waals surface area (Å²) in [6.07, 6.45) is 0.836. The summed E-state index contributed by atoms with van der Waals surface area (Å²) in [6, 6.07) is 9.93. The molecule has 0 atom stereocenters. The largest absolute Gasteiger partial charge is 0.482 e. The first kappa shape index (κ1) is 21.2. The highest BCUT2D eigenvalue weighted by Gasteiger charge is 2.29. The van der Waals surface area contributed by atoms with Crippen molar-refractivity contribution in [1.29, 1.82) is 0 Å². The van der Waals surface area contributed by atoms with E-state index in [1.54, 1.807) is 24.3 Å². The Kier molecular flexibility index (Phi) is 5.91. The maximum Gasteiger partial charge on any atom is 0.422 e. The third kappa shape index (κ3) is 5.58. The van der Waals surface area contributed by atoms with Gasteiger partial charge in [0.2, 0.25) is 0 Å². The van der Waals surface area contributed by atoms with Gasteiger partial charge in [0.15, 0.2) is 6.61 Å². The lowest BCUT2D eigenvalue weighted by Crippen LogP contribution is -2.24. The number of hydrogen-bond donors (Lipinski definition) is 2. The van der Waals surface area contributed by atoms with Gasteiger partial charge >= 0.3 is 6.18 Å². The van der Waals surface area contributed by atoms with Gasteiger partial charge in [-0.05, 0) is 54.2 Å². The molecule has 1 aromatic carbocycles. The summed E-state index contributed by atoms with van der Waals surface area (Å²) in [5, 5.41) is 3.27. The molecule has 2 heterocycles. The van der Waals surface area contributed by atoms with Crippen LogP contribution >= 0.6 is 11.6 Å². The van der Waals surface area contributed by atoms with E-state index in [2.05, 4.69) is 15.3 Å². The molecular formula is C22H19ClF3N3O2. The molecule has 162 valence electrons. The molecule has 0 unspecified atom stereocenters. The van der Waals surface area contributed by atoms with E-state index in [9.17, 15) is 18.0 Å². The highest BCUT2D eigenvalue weighted by molar-refractivity contribution is 6.30. The van der Waals surface area contributed by atoms with Crippen LogP contribution in [-0.4, -0.2) is 28.7 Å². The van der Waals surface area contributed by atoms with E-state index in [-0.39, 0.29) is 11.4 Å². The molecule has 2 aromatic heterocycles. The molecule has 2 N–H and O–H groups in total. The summed E-state index contributed by atoms with van der Waals surface area (Å²) < 4.78 is 42.8. The second-order valence-corrected chi connectivity index (χ2v) is 7.83. The smallest absolute Gasteiger partial charge is 0.422 e. The molecule has 1 aliphatic carbocycles. The average Bonchev–Trinajstić information content (AvgIpc) is 3.48. The van der Waals surface area contributed by atoms with E-state index in [0.29, 0.717) is 28.6 Å². The number of nitrogens with zero attached hydrogens (tertiary/aromatic N) is 1. The van der Waals surface area contributed by atoms with Gasteiger partial charge in [-0.2, -0.15) is 13.2 Å². The fraction of sp³-hybridized carbons (Fsp3) is 0.273. The molecule has 0 aliphatic heterocycles. The number of aromatic nitrogens is 2. The normalized spacial score (nSPS) is 13.8. The van der Waals surface area contributed by atoms with Crippen molar-refractivity contribution in [3.8, 4) is 16.9 Å². The van der Waals surface area contributed by atoms with E-state index in [1.165, 1.54) is 24.6 Å². The highest BCUT2D eigenvalue weighted by Crippen LogP contribution is 2.39. The van der Waals surface area contributed by atoms with Gasteiger partial charge in [0.25, 0.3) is 5.91 Å². The van der Waals surface area contributed by atoms with Gasteiger partial charge in [-0.1, -0.05) is 23.7 Å². The Labute approximate surface area is 181 Å². The van der Waals surface area contributed by atoms with Gasteiger partial charge < -0.3 is 15.0 Å². The fourth-order valence-corrected chi connectivity index (χ4v) is 3.29. The van der Waals surface area contributed by atoms with Crippen LogP contribution < -0.4 is 10.1 Å². The van der Waals surface area contributed by atoms with Crippen molar-refractivity contribution in [2.24, 2.45) is 0 Å². The highest BCUT2D eigenvalue weighted by atomic mass is 35.5. The molecule has 1 saturated carbocycles. The lowest BCUT2D eigenvalue weighted by molar-refractivity contribution is -0.153. The Morgan fingerprint density at radius 1 is 1.23 bits per heavy atom. The summed E-state index contributed by atoms with van der Waals surface area (Å²) in [6.45, 7) is -1.15. The predicted octanol–water partition coefficient (Wildman–Crippen LogP) is 5.48. The van der Waals surface area contributed by atoms with Gasteiger partial charge in [0.1, 0.15) is 11.4 Å². The zero-order valence-corrected chi connectivity index (χ0v) is 17.1. The number of carbonyl (C=O) groups is 1. The number of H-pyrrole nitrogens is 1. The molecule has 3 aromatic rings. The average molecular weight is 450 g/mol. The van der Waals surface area contributed by atoms with Crippen molar-refractivity contribution in [2.45, 2.75) is 31.5 Å². The van der Waals surface area contributed by atoms with Crippen LogP contribution in [0.15, 0.2) is 48.8 Å². The Hall–Kier alpha value is -3.00. The molecule has 1 fully saturated rings. The lowest BCUT2D eigenvalue weighted by Gasteiger charge is -2.14. The molecule has 5 nitrogen and oxygen atoms in total. The summed E-state index contributed by atoms with van der Waals surface area (Å²) in [4.78, 5) is 19.8. The van der Waals surface area contributed by atoms with E-state index in [1.807, 2.05) is 12.3 Å². The minimum Gasteiger partial charge on any atom is -0.482 e. The van der Waals surface area contributed by atoms with Gasteiger partial charge in [-0.25, -0.2) is 4.98 Å². The first-order valence-electron chi connectivity index (χ1n) is 9.69. The number of hydrogen-bond acceptors (Lipinski definition) is 3. The molecule has 9 heteroatoms. The molecule has 31 heavy (non-hydrogen) atoms. The Bertz CT molecular complexity index is 1080. The van der Waals surface area contributed by atoms with Crippen molar-refractivity contribution < 1.29 is 22.7 Å². The maximum absolute atomic E-state index is 12.6. The Balaban J connectivity index is 1.52. The molecule has 0 bridgehead atoms. The van der Waals surface area contributed by atoms with E-state index in [0.717, 1.165) is 11.8 Å². The number of carbonyl (C=O) groups excluding carboxylic acids is 1. The van der Waals surface area contributed by atoms with Crippen LogP contribution in [0, 0.1) is 0 Å². The second-order valence-electron chi connectivity index (χ2n) is 7.40. The topological polar surface area (TPSA) is 67.0 Å². The molecule has 4 rings (SSSR count). The Morgan fingerprint density at radius 2 is 1.97 bits per heavy atom. The van der Waals surface area contributed by atoms with Gasteiger partial charge in [-0.15, -0.1) is 0 Å². The van der Waals surface area contributed by atoms with Crippen molar-refractivity contribution >= 4 is 17.5 Å². The molecule has 1 aliphatic rings. The number of nitrogens with one attached hydrogen (secondary N) is 2. The first-order chi connectivity index (χ1) is 14.8. The molecule has 0 spiro atoms. The van der Waals surface area contributed by atoms with Gasteiger partial charge in [0, 0.05) is 29.0 Å². The summed E-state index contributed by atoms with van der Waals surface area (Å²) in [5.74, 6) is 0.0694. The zero-order valence-electron chi connectivity index (χ0n) is 16.3. The predicted molar refractivity (Wildman–Crippen MR) is 110 cm³/mol. The van der Waals surface area contributed by atoms with Crippen LogP contribution in [0.5, 0.6) is 5.75 Å². The SMILES string of the molecule is O=C(NCc1c[nH]c(C2CC2)c1)c1cc(-c2ccc(Cl)cc2)c(OCC(F)(F)F)cn1. The number of benzene rings is 1. The van der Waals surface area contributed by atoms with Gasteiger partial charge in [-0.3, -0.25) is 4.79 Å². The first-order valence-corrected chi connectivity index (χ1v) is 10.1. The van der Waals surface area contributed by atoms with Crippen LogP contribution in [0.2, 0.25) is 5.02 Å². The lowest BCUT2D eigenvalue weighted by atomic mass is 10.0. The van der Waals surface area contributed by atoms with Crippen molar-refractivity contribution in [3.63, 3.8) is 0 Å². The van der Waals surface area contributed by atoms with Crippen LogP contribution in [-0.2, 0) is 6.54 Å². The summed E-state index contributed by atoms with van der Waals surface area (Å²) in [7, 11) is 0. The van der Waals surface area contributed by atoms with Crippen molar-refractivity contribution in [1.82, 2.24) is 15.3 Å².